The van der Waals surface area contributed by atoms with Crippen LogP contribution in [0.4, 0.5) is 26.3 Å². The second-order valence-corrected chi connectivity index (χ2v) is 3.60. The van der Waals surface area contributed by atoms with Crippen LogP contribution in [-0.2, 0) is 11.5 Å². The summed E-state index contributed by atoms with van der Waals surface area (Å²) < 4.78 is 76.4. The Balaban J connectivity index is 3.44. The van der Waals surface area contributed by atoms with E-state index in [-0.39, 0.29) is 11.0 Å². The molecule has 0 aromatic carbocycles. The molecule has 1 aromatic heterocycles. The maximum Gasteiger partial charge on any atom is 0.573 e. The van der Waals surface area contributed by atoms with Gasteiger partial charge in [-0.15, -0.1) is 13.2 Å². The minimum Gasteiger partial charge on any atom is -0.405 e. The Bertz CT molecular complexity index is 492. The number of aromatic amines is 1. The molecule has 0 amide bonds. The first-order valence-corrected chi connectivity index (χ1v) is 5.32. The molecule has 0 saturated heterocycles. The summed E-state index contributed by atoms with van der Waals surface area (Å²) in [7, 11) is 0. The molecule has 0 aliphatic heterocycles. The van der Waals surface area contributed by atoms with Crippen molar-refractivity contribution >= 4 is 15.9 Å². The highest BCUT2D eigenvalue weighted by Crippen LogP contribution is 2.36. The lowest BCUT2D eigenvalue weighted by Crippen LogP contribution is -2.27. The summed E-state index contributed by atoms with van der Waals surface area (Å²) in [6.45, 7) is 0. The number of alkyl halides is 7. The zero-order chi connectivity index (χ0) is 14.1. The fraction of sp³-hybridized carbons (Fsp3) is 0.375. The van der Waals surface area contributed by atoms with Crippen LogP contribution < -0.4 is 10.3 Å². The monoisotopic (exact) mass is 339 g/mol. The highest BCUT2D eigenvalue weighted by atomic mass is 79.9. The highest BCUT2D eigenvalue weighted by molar-refractivity contribution is 9.08. The lowest BCUT2D eigenvalue weighted by molar-refractivity contribution is -0.276. The van der Waals surface area contributed by atoms with Gasteiger partial charge in [-0.2, -0.15) is 13.2 Å². The number of nitrogens with one attached hydrogen (secondary N) is 1. The zero-order valence-electron chi connectivity index (χ0n) is 8.25. The van der Waals surface area contributed by atoms with Gasteiger partial charge in [-0.05, 0) is 0 Å². The quantitative estimate of drug-likeness (QED) is 0.664. The molecule has 102 valence electrons. The molecule has 0 spiro atoms. The lowest BCUT2D eigenvalue weighted by atomic mass is 10.2. The van der Waals surface area contributed by atoms with Crippen molar-refractivity contribution in [2.45, 2.75) is 17.9 Å². The van der Waals surface area contributed by atoms with Gasteiger partial charge in [-0.1, -0.05) is 15.9 Å². The van der Waals surface area contributed by atoms with E-state index in [1.54, 1.807) is 4.98 Å². The fourth-order valence-electron chi connectivity index (χ4n) is 1.13. The molecule has 1 rings (SSSR count). The van der Waals surface area contributed by atoms with Crippen molar-refractivity contribution in [1.82, 2.24) is 4.98 Å². The molecule has 0 fully saturated rings. The van der Waals surface area contributed by atoms with Crippen LogP contribution >= 0.6 is 15.9 Å². The molecule has 1 heterocycles. The topological polar surface area (TPSA) is 42.1 Å². The lowest BCUT2D eigenvalue weighted by Gasteiger charge is -2.15. The Morgan fingerprint density at radius 3 is 2.17 bits per heavy atom. The molecule has 3 nitrogen and oxygen atoms in total. The van der Waals surface area contributed by atoms with Crippen LogP contribution in [-0.4, -0.2) is 11.3 Å². The van der Waals surface area contributed by atoms with Crippen molar-refractivity contribution in [3.63, 3.8) is 0 Å². The van der Waals surface area contributed by atoms with Gasteiger partial charge >= 0.3 is 12.5 Å². The highest BCUT2D eigenvalue weighted by Gasteiger charge is 2.42. The van der Waals surface area contributed by atoms with Crippen LogP contribution in [0.2, 0.25) is 0 Å². The van der Waals surface area contributed by atoms with Gasteiger partial charge < -0.3 is 9.72 Å². The molecule has 18 heavy (non-hydrogen) atoms. The number of hydrogen-bond donors (Lipinski definition) is 1. The van der Waals surface area contributed by atoms with E-state index < -0.39 is 29.4 Å². The van der Waals surface area contributed by atoms with Gasteiger partial charge in [0.25, 0.3) is 5.56 Å². The van der Waals surface area contributed by atoms with Gasteiger partial charge in [0, 0.05) is 17.1 Å². The van der Waals surface area contributed by atoms with Crippen LogP contribution in [0.3, 0.4) is 0 Å². The fourth-order valence-corrected chi connectivity index (χ4v) is 1.43. The molecule has 1 N–H and O–H groups in total. The molecule has 0 aliphatic carbocycles. The minimum absolute atomic E-state index is 0.130. The Hall–Kier alpha value is -1.19. The van der Waals surface area contributed by atoms with E-state index in [1.165, 1.54) is 0 Å². The molecule has 0 radical (unpaired) electrons. The van der Waals surface area contributed by atoms with E-state index in [0.29, 0.717) is 6.07 Å². The summed E-state index contributed by atoms with van der Waals surface area (Å²) in [4.78, 5) is 12.9. The molecule has 0 saturated carbocycles. The van der Waals surface area contributed by atoms with Crippen LogP contribution in [0.1, 0.15) is 11.3 Å². The van der Waals surface area contributed by atoms with Crippen LogP contribution in [0.5, 0.6) is 5.75 Å². The van der Waals surface area contributed by atoms with Gasteiger partial charge in [-0.25, -0.2) is 0 Å². The third-order valence-corrected chi connectivity index (χ3v) is 2.31. The van der Waals surface area contributed by atoms with E-state index in [9.17, 15) is 31.1 Å². The van der Waals surface area contributed by atoms with Gasteiger partial charge in [0.1, 0.15) is 5.75 Å². The van der Waals surface area contributed by atoms with Crippen molar-refractivity contribution in [3.05, 3.63) is 27.7 Å². The van der Waals surface area contributed by atoms with Gasteiger partial charge in [0.15, 0.2) is 5.56 Å². The third kappa shape index (κ3) is 3.65. The average molecular weight is 340 g/mol. The predicted molar refractivity (Wildman–Crippen MR) is 51.4 cm³/mol. The second kappa shape index (κ2) is 4.82. The number of hydrogen-bond acceptors (Lipinski definition) is 2. The normalized spacial score (nSPS) is 12.6. The largest absolute Gasteiger partial charge is 0.573 e. The number of ether oxygens (including phenoxy) is 1. The Morgan fingerprint density at radius 2 is 1.78 bits per heavy atom. The van der Waals surface area contributed by atoms with Crippen molar-refractivity contribution < 1.29 is 31.1 Å². The molecule has 0 unspecified atom stereocenters. The average Bonchev–Trinajstić information content (AvgIpc) is 2.11. The Labute approximate surface area is 104 Å². The number of halogens is 7. The summed E-state index contributed by atoms with van der Waals surface area (Å²) in [5, 5.41) is -0.130. The zero-order valence-corrected chi connectivity index (χ0v) is 9.83. The molecule has 10 heteroatoms. The number of pyridine rings is 1. The third-order valence-electron chi connectivity index (χ3n) is 1.71. The predicted octanol–water partition coefficient (Wildman–Crippen LogP) is 3.19. The Morgan fingerprint density at radius 1 is 1.22 bits per heavy atom. The van der Waals surface area contributed by atoms with E-state index in [4.69, 9.17) is 0 Å². The molecular formula is C8H4BrF6NO2. The van der Waals surface area contributed by atoms with Gasteiger partial charge in [-0.3, -0.25) is 4.79 Å². The van der Waals surface area contributed by atoms with E-state index in [1.807, 2.05) is 0 Å². The summed E-state index contributed by atoms with van der Waals surface area (Å²) in [5.41, 5.74) is -3.89. The molecule has 0 atom stereocenters. The summed E-state index contributed by atoms with van der Waals surface area (Å²) in [6, 6.07) is 0.465. The van der Waals surface area contributed by atoms with Crippen molar-refractivity contribution in [2.24, 2.45) is 0 Å². The SMILES string of the molecule is O=c1[nH]c(CBr)cc(OC(F)(F)F)c1C(F)(F)F. The molecular weight excluding hydrogens is 336 g/mol. The van der Waals surface area contributed by atoms with Crippen LogP contribution in [0.25, 0.3) is 0 Å². The maximum absolute atomic E-state index is 12.4. The van der Waals surface area contributed by atoms with Crippen molar-refractivity contribution in [3.8, 4) is 5.75 Å². The number of H-pyrrole nitrogens is 1. The van der Waals surface area contributed by atoms with Crippen LogP contribution in [0.15, 0.2) is 10.9 Å². The second-order valence-electron chi connectivity index (χ2n) is 3.04. The van der Waals surface area contributed by atoms with Gasteiger partial charge in [0.2, 0.25) is 0 Å². The standard InChI is InChI=1S/C8H4BrF6NO2/c9-2-3-1-4(18-8(13,14)15)5(6(17)16-3)7(10,11)12/h1H,2H2,(H,16,17). The van der Waals surface area contributed by atoms with Gasteiger partial charge in [0.05, 0.1) is 0 Å². The Kier molecular flexibility index (Phi) is 3.99. The minimum atomic E-state index is -5.32. The molecule has 0 aliphatic rings. The van der Waals surface area contributed by atoms with E-state index in [0.717, 1.165) is 0 Å². The molecule has 1 aromatic rings. The van der Waals surface area contributed by atoms with E-state index >= 15 is 0 Å². The van der Waals surface area contributed by atoms with E-state index in [2.05, 4.69) is 20.7 Å². The summed E-state index contributed by atoms with van der Waals surface area (Å²) in [6.07, 6.45) is -10.6. The first kappa shape index (κ1) is 14.9. The number of rotatable bonds is 2. The maximum atomic E-state index is 12.4. The van der Waals surface area contributed by atoms with Crippen LogP contribution in [0, 0.1) is 0 Å². The molecule has 0 bridgehead atoms. The number of aromatic nitrogens is 1. The first-order chi connectivity index (χ1) is 8.04. The van der Waals surface area contributed by atoms with Crippen molar-refractivity contribution in [1.29, 1.82) is 0 Å². The summed E-state index contributed by atoms with van der Waals surface area (Å²) in [5.74, 6) is -1.58. The first-order valence-electron chi connectivity index (χ1n) is 4.19. The smallest absolute Gasteiger partial charge is 0.405 e. The summed E-state index contributed by atoms with van der Waals surface area (Å²) >= 11 is 2.79. The van der Waals surface area contributed by atoms with Crippen molar-refractivity contribution in [2.75, 3.05) is 0 Å².